The molecular weight excluding hydrogens is 568 g/mol. The van der Waals surface area contributed by atoms with E-state index in [1.54, 1.807) is 12.1 Å². The lowest BCUT2D eigenvalue weighted by atomic mass is 9.99. The van der Waals surface area contributed by atoms with E-state index in [9.17, 15) is 18.0 Å². The van der Waals surface area contributed by atoms with Crippen molar-refractivity contribution in [3.8, 4) is 11.3 Å². The summed E-state index contributed by atoms with van der Waals surface area (Å²) in [6, 6.07) is 14.5. The highest BCUT2D eigenvalue weighted by molar-refractivity contribution is 7.91. The molecule has 3 aromatic rings. The van der Waals surface area contributed by atoms with Crippen molar-refractivity contribution in [3.05, 3.63) is 71.0 Å². The summed E-state index contributed by atoms with van der Waals surface area (Å²) in [5.41, 5.74) is 4.91. The van der Waals surface area contributed by atoms with Crippen molar-refractivity contribution in [3.63, 3.8) is 0 Å². The molecule has 2 aliphatic carbocycles. The van der Waals surface area contributed by atoms with E-state index in [0.717, 1.165) is 66.7 Å². The SMILES string of the molecule is Cc1ccccc1-c1noc(C2CC2)c1COC1CC2CCC(C1)N2C(=O)Nc1ccc(C(=O)NS(=O)(=O)C2CC2)cc1. The normalized spacial score (nSPS) is 23.3. The van der Waals surface area contributed by atoms with Crippen LogP contribution in [0.15, 0.2) is 53.1 Å². The van der Waals surface area contributed by atoms with Crippen LogP contribution in [0.5, 0.6) is 0 Å². The molecule has 3 heterocycles. The van der Waals surface area contributed by atoms with Crippen molar-refractivity contribution in [1.82, 2.24) is 14.8 Å². The number of sulfonamides is 1. The fraction of sp³-hybridized carbons (Fsp3) is 0.469. The lowest BCUT2D eigenvalue weighted by Crippen LogP contribution is -2.50. The molecule has 2 unspecified atom stereocenters. The first-order valence-electron chi connectivity index (χ1n) is 15.2. The van der Waals surface area contributed by atoms with Gasteiger partial charge in [0.1, 0.15) is 11.5 Å². The van der Waals surface area contributed by atoms with Crippen LogP contribution < -0.4 is 10.0 Å². The molecule has 3 amide bonds. The maximum atomic E-state index is 13.3. The lowest BCUT2D eigenvalue weighted by Gasteiger charge is -2.38. The Morgan fingerprint density at radius 2 is 1.67 bits per heavy atom. The van der Waals surface area contributed by atoms with Crippen LogP contribution in [0.2, 0.25) is 0 Å². The van der Waals surface area contributed by atoms with Gasteiger partial charge in [0.2, 0.25) is 10.0 Å². The van der Waals surface area contributed by atoms with Crippen molar-refractivity contribution in [1.29, 1.82) is 0 Å². The number of nitrogens with zero attached hydrogens (tertiary/aromatic N) is 2. The fourth-order valence-electron chi connectivity index (χ4n) is 6.52. The molecule has 1 aromatic heterocycles. The van der Waals surface area contributed by atoms with Gasteiger partial charge < -0.3 is 19.5 Å². The van der Waals surface area contributed by atoms with Crippen molar-refractivity contribution < 1.29 is 27.3 Å². The standard InChI is InChI=1S/C32H36N4O6S/c1-19-4-2-3-5-27(19)29-28(30(42-34-29)20-6-7-20)18-41-25-16-23-12-13-24(17-25)36(23)32(38)33-22-10-8-21(9-11-22)31(37)35-43(39,40)26-14-15-26/h2-5,8-11,20,23-26H,6-7,12-18H2,1H3,(H,33,38)(H,35,37). The molecule has 43 heavy (non-hydrogen) atoms. The second kappa shape index (κ2) is 11.1. The van der Waals surface area contributed by atoms with Crippen molar-refractivity contribution >= 4 is 27.6 Å². The Bertz CT molecular complexity index is 1630. The summed E-state index contributed by atoms with van der Waals surface area (Å²) in [6.07, 6.45) is 6.83. The molecule has 2 aromatic carbocycles. The van der Waals surface area contributed by atoms with E-state index >= 15 is 0 Å². The minimum atomic E-state index is -3.62. The molecule has 11 heteroatoms. The quantitative estimate of drug-likeness (QED) is 0.330. The summed E-state index contributed by atoms with van der Waals surface area (Å²) in [5.74, 6) is 0.710. The Morgan fingerprint density at radius 3 is 2.33 bits per heavy atom. The van der Waals surface area contributed by atoms with Crippen molar-refractivity contribution in [2.75, 3.05) is 5.32 Å². The Morgan fingerprint density at radius 1 is 0.977 bits per heavy atom. The van der Waals surface area contributed by atoms with Gasteiger partial charge in [-0.25, -0.2) is 17.9 Å². The Labute approximate surface area is 251 Å². The average molecular weight is 605 g/mol. The maximum Gasteiger partial charge on any atom is 0.322 e. The summed E-state index contributed by atoms with van der Waals surface area (Å²) in [4.78, 5) is 27.6. The van der Waals surface area contributed by atoms with Crippen LogP contribution in [0.4, 0.5) is 10.5 Å². The van der Waals surface area contributed by atoms with Crippen LogP contribution in [-0.2, 0) is 21.4 Å². The maximum absolute atomic E-state index is 13.3. The van der Waals surface area contributed by atoms with Gasteiger partial charge in [0.05, 0.1) is 18.0 Å². The second-order valence-electron chi connectivity index (χ2n) is 12.3. The Kier molecular flexibility index (Phi) is 7.25. The smallest absolute Gasteiger partial charge is 0.322 e. The molecule has 0 spiro atoms. The number of carbonyl (C=O) groups is 2. The highest BCUT2D eigenvalue weighted by Gasteiger charge is 2.44. The number of ether oxygens (including phenoxy) is 1. The van der Waals surface area contributed by atoms with E-state index in [-0.39, 0.29) is 29.8 Å². The molecule has 4 aliphatic rings. The van der Waals surface area contributed by atoms with E-state index in [1.807, 2.05) is 17.0 Å². The van der Waals surface area contributed by atoms with Gasteiger partial charge in [-0.05, 0) is 88.1 Å². The number of amides is 3. The molecule has 0 radical (unpaired) electrons. The van der Waals surface area contributed by atoms with E-state index in [0.29, 0.717) is 31.1 Å². The fourth-order valence-corrected chi connectivity index (χ4v) is 7.82. The molecule has 2 bridgehead atoms. The first-order chi connectivity index (χ1) is 20.8. The zero-order valence-electron chi connectivity index (χ0n) is 24.1. The van der Waals surface area contributed by atoms with Gasteiger partial charge in [0.15, 0.2) is 0 Å². The van der Waals surface area contributed by atoms with Crippen LogP contribution in [0, 0.1) is 6.92 Å². The van der Waals surface area contributed by atoms with Crippen LogP contribution in [0.3, 0.4) is 0 Å². The average Bonchev–Trinajstić information content (AvgIpc) is 3.92. The number of aromatic nitrogens is 1. The van der Waals surface area contributed by atoms with Crippen LogP contribution >= 0.6 is 0 Å². The predicted octanol–water partition coefficient (Wildman–Crippen LogP) is 5.49. The number of fused-ring (bicyclic) bond motifs is 2. The molecule has 4 fully saturated rings. The number of hydrogen-bond donors (Lipinski definition) is 2. The molecule has 2 aliphatic heterocycles. The van der Waals surface area contributed by atoms with Gasteiger partial charge in [0.25, 0.3) is 5.91 Å². The van der Waals surface area contributed by atoms with Gasteiger partial charge in [-0.15, -0.1) is 0 Å². The van der Waals surface area contributed by atoms with Crippen LogP contribution in [0.25, 0.3) is 11.3 Å². The number of rotatable bonds is 9. The van der Waals surface area contributed by atoms with Crippen molar-refractivity contribution in [2.24, 2.45) is 0 Å². The molecule has 2 saturated carbocycles. The first-order valence-corrected chi connectivity index (χ1v) is 16.7. The lowest BCUT2D eigenvalue weighted by molar-refractivity contribution is -0.0158. The van der Waals surface area contributed by atoms with E-state index in [2.05, 4.69) is 34.3 Å². The predicted molar refractivity (Wildman–Crippen MR) is 160 cm³/mol. The molecule has 10 nitrogen and oxygen atoms in total. The minimum absolute atomic E-state index is 0.0398. The van der Waals surface area contributed by atoms with Gasteiger partial charge >= 0.3 is 6.03 Å². The number of nitrogens with one attached hydrogen (secondary N) is 2. The topological polar surface area (TPSA) is 131 Å². The first kappa shape index (κ1) is 28.1. The van der Waals surface area contributed by atoms with E-state index in [1.165, 1.54) is 12.1 Å². The van der Waals surface area contributed by atoms with E-state index < -0.39 is 21.2 Å². The Hall–Kier alpha value is -3.70. The molecule has 2 atom stereocenters. The minimum Gasteiger partial charge on any atom is -0.373 e. The second-order valence-corrected chi connectivity index (χ2v) is 14.3. The van der Waals surface area contributed by atoms with Crippen LogP contribution in [-0.4, -0.2) is 53.9 Å². The zero-order valence-corrected chi connectivity index (χ0v) is 24.9. The van der Waals surface area contributed by atoms with E-state index in [4.69, 9.17) is 9.26 Å². The third-order valence-electron chi connectivity index (χ3n) is 9.15. The van der Waals surface area contributed by atoms with Gasteiger partial charge in [-0.3, -0.25) is 4.79 Å². The zero-order chi connectivity index (χ0) is 29.7. The number of aryl methyl sites for hydroxylation is 1. The third kappa shape index (κ3) is 5.80. The van der Waals surface area contributed by atoms with Gasteiger partial charge in [-0.1, -0.05) is 29.4 Å². The Balaban J connectivity index is 0.968. The molecule has 2 N–H and O–H groups in total. The number of urea groups is 1. The third-order valence-corrected chi connectivity index (χ3v) is 11.0. The summed E-state index contributed by atoms with van der Waals surface area (Å²) >= 11 is 0. The summed E-state index contributed by atoms with van der Waals surface area (Å²) in [6.45, 7) is 2.52. The number of hydrogen-bond acceptors (Lipinski definition) is 7. The summed E-state index contributed by atoms with van der Waals surface area (Å²) in [5, 5.41) is 6.95. The molecular formula is C32H36N4O6S. The largest absolute Gasteiger partial charge is 0.373 e. The highest BCUT2D eigenvalue weighted by Crippen LogP contribution is 2.45. The molecule has 2 saturated heterocycles. The van der Waals surface area contributed by atoms with Gasteiger partial charge in [0, 0.05) is 40.4 Å². The van der Waals surface area contributed by atoms with Crippen molar-refractivity contribution in [2.45, 2.75) is 94.3 Å². The number of piperidine rings is 1. The summed E-state index contributed by atoms with van der Waals surface area (Å²) < 4.78 is 38.6. The number of benzene rings is 2. The number of anilines is 1. The number of carbonyl (C=O) groups excluding carboxylic acids is 2. The highest BCUT2D eigenvalue weighted by atomic mass is 32.2. The molecule has 226 valence electrons. The molecule has 7 rings (SSSR count). The monoisotopic (exact) mass is 604 g/mol. The van der Waals surface area contributed by atoms with Gasteiger partial charge in [-0.2, -0.15) is 0 Å². The summed E-state index contributed by atoms with van der Waals surface area (Å²) in [7, 11) is -3.62. The van der Waals surface area contributed by atoms with Crippen LogP contribution in [0.1, 0.15) is 84.5 Å².